The molecule has 0 aliphatic rings. The van der Waals surface area contributed by atoms with Crippen molar-refractivity contribution in [2.24, 2.45) is 0 Å². The molecule has 0 aliphatic carbocycles. The predicted octanol–water partition coefficient (Wildman–Crippen LogP) is 3.20. The van der Waals surface area contributed by atoms with E-state index in [-0.39, 0.29) is 9.79 Å². The summed E-state index contributed by atoms with van der Waals surface area (Å²) in [5, 5.41) is 2.22. The first-order valence-corrected chi connectivity index (χ1v) is 11.6. The van der Waals surface area contributed by atoms with Gasteiger partial charge in [-0.15, -0.1) is 8.57 Å². The number of hydroxylamine groups is 2. The van der Waals surface area contributed by atoms with E-state index in [0.717, 1.165) is 34.4 Å². The SMILES string of the molecule is CN(OS(=O)(=O)c1ccc(S(=O)(=O)ON(C)c2ccccc2)cc1)c1ccccc1. The minimum absolute atomic E-state index is 0.194. The van der Waals surface area contributed by atoms with Crippen LogP contribution in [0.3, 0.4) is 0 Å². The summed E-state index contributed by atoms with van der Waals surface area (Å²) in [6.07, 6.45) is 0. The molecule has 0 aromatic heterocycles. The van der Waals surface area contributed by atoms with Gasteiger partial charge in [0.05, 0.1) is 21.2 Å². The van der Waals surface area contributed by atoms with Crippen molar-refractivity contribution >= 4 is 31.6 Å². The molecule has 0 saturated carbocycles. The van der Waals surface area contributed by atoms with Crippen molar-refractivity contribution in [3.8, 4) is 0 Å². The van der Waals surface area contributed by atoms with Crippen LogP contribution >= 0.6 is 0 Å². The summed E-state index contributed by atoms with van der Waals surface area (Å²) in [6, 6.07) is 21.9. The van der Waals surface area contributed by atoms with Crippen LogP contribution in [-0.2, 0) is 28.8 Å². The van der Waals surface area contributed by atoms with Gasteiger partial charge in [-0.25, -0.2) is 10.1 Å². The van der Waals surface area contributed by atoms with E-state index in [1.807, 2.05) is 0 Å². The maximum Gasteiger partial charge on any atom is 0.317 e. The van der Waals surface area contributed by atoms with Crippen LogP contribution in [0.2, 0.25) is 0 Å². The van der Waals surface area contributed by atoms with Gasteiger partial charge in [-0.2, -0.15) is 16.8 Å². The van der Waals surface area contributed by atoms with Gasteiger partial charge in [-0.05, 0) is 48.5 Å². The van der Waals surface area contributed by atoms with Crippen LogP contribution in [0, 0.1) is 0 Å². The monoisotopic (exact) mass is 448 g/mol. The van der Waals surface area contributed by atoms with Gasteiger partial charge in [-0.3, -0.25) is 0 Å². The fraction of sp³-hybridized carbons (Fsp3) is 0.100. The molecule has 0 atom stereocenters. The summed E-state index contributed by atoms with van der Waals surface area (Å²) in [6.45, 7) is 0. The van der Waals surface area contributed by atoms with E-state index in [1.165, 1.54) is 14.1 Å². The number of rotatable bonds is 8. The van der Waals surface area contributed by atoms with Crippen molar-refractivity contribution < 1.29 is 25.4 Å². The fourth-order valence-electron chi connectivity index (χ4n) is 2.52. The third-order valence-corrected chi connectivity index (χ3v) is 6.60. The summed E-state index contributed by atoms with van der Waals surface area (Å²) < 4.78 is 60.1. The van der Waals surface area contributed by atoms with Gasteiger partial charge in [0.1, 0.15) is 0 Å². The molecule has 158 valence electrons. The van der Waals surface area contributed by atoms with Crippen LogP contribution in [0.4, 0.5) is 11.4 Å². The Morgan fingerprint density at radius 1 is 0.533 bits per heavy atom. The standard InChI is InChI=1S/C20H20N2O6S2/c1-21(17-9-5-3-6-10-17)27-29(23,24)19-13-15-20(16-14-19)30(25,26)28-22(2)18-11-7-4-8-12-18/h3-16H,1-2H3. The highest BCUT2D eigenvalue weighted by Crippen LogP contribution is 2.22. The summed E-state index contributed by atoms with van der Waals surface area (Å²) >= 11 is 0. The number of nitrogens with zero attached hydrogens (tertiary/aromatic N) is 2. The number of anilines is 2. The highest BCUT2D eigenvalue weighted by Gasteiger charge is 2.23. The molecular formula is C20H20N2O6S2. The van der Waals surface area contributed by atoms with Crippen LogP contribution in [0.1, 0.15) is 0 Å². The quantitative estimate of drug-likeness (QED) is 0.485. The van der Waals surface area contributed by atoms with Crippen molar-refractivity contribution in [3.63, 3.8) is 0 Å². The molecule has 3 aromatic carbocycles. The molecule has 0 fully saturated rings. The Morgan fingerprint density at radius 3 is 1.13 bits per heavy atom. The third-order valence-electron chi connectivity index (χ3n) is 4.06. The minimum atomic E-state index is -4.16. The van der Waals surface area contributed by atoms with Crippen molar-refractivity contribution in [1.82, 2.24) is 0 Å². The van der Waals surface area contributed by atoms with Crippen molar-refractivity contribution in [1.29, 1.82) is 0 Å². The molecular weight excluding hydrogens is 428 g/mol. The van der Waals surface area contributed by atoms with Crippen LogP contribution in [-0.4, -0.2) is 30.9 Å². The first kappa shape index (κ1) is 21.8. The van der Waals surface area contributed by atoms with E-state index in [0.29, 0.717) is 11.4 Å². The van der Waals surface area contributed by atoms with Gasteiger partial charge in [0.15, 0.2) is 0 Å². The summed E-state index contributed by atoms with van der Waals surface area (Å²) in [7, 11) is -5.40. The molecule has 0 heterocycles. The first-order chi connectivity index (χ1) is 14.2. The second-order valence-corrected chi connectivity index (χ2v) is 9.25. The molecule has 0 amide bonds. The number of para-hydroxylation sites is 2. The van der Waals surface area contributed by atoms with Crippen LogP contribution in [0.5, 0.6) is 0 Å². The van der Waals surface area contributed by atoms with E-state index in [1.54, 1.807) is 60.7 Å². The van der Waals surface area contributed by atoms with Gasteiger partial charge in [0.2, 0.25) is 0 Å². The van der Waals surface area contributed by atoms with E-state index in [9.17, 15) is 16.8 Å². The van der Waals surface area contributed by atoms with E-state index in [2.05, 4.69) is 0 Å². The molecule has 10 heteroatoms. The average Bonchev–Trinajstić information content (AvgIpc) is 2.74. The largest absolute Gasteiger partial charge is 0.317 e. The zero-order valence-electron chi connectivity index (χ0n) is 16.2. The molecule has 30 heavy (non-hydrogen) atoms. The second kappa shape index (κ2) is 8.84. The van der Waals surface area contributed by atoms with Crippen molar-refractivity contribution in [3.05, 3.63) is 84.9 Å². The Bertz CT molecular complexity index is 1090. The van der Waals surface area contributed by atoms with Gasteiger partial charge < -0.3 is 0 Å². The zero-order valence-corrected chi connectivity index (χ0v) is 17.9. The Labute approximate surface area is 176 Å². The van der Waals surface area contributed by atoms with Gasteiger partial charge in [0.25, 0.3) is 0 Å². The van der Waals surface area contributed by atoms with Crippen molar-refractivity contribution in [2.75, 3.05) is 24.2 Å². The topological polar surface area (TPSA) is 93.2 Å². The molecule has 3 aromatic rings. The molecule has 8 nitrogen and oxygen atoms in total. The maximum absolute atomic E-state index is 12.5. The summed E-state index contributed by atoms with van der Waals surface area (Å²) in [4.78, 5) is -0.388. The summed E-state index contributed by atoms with van der Waals surface area (Å²) in [5.74, 6) is 0. The lowest BCUT2D eigenvalue weighted by Gasteiger charge is -2.19. The molecule has 0 spiro atoms. The van der Waals surface area contributed by atoms with Gasteiger partial charge >= 0.3 is 20.2 Å². The highest BCUT2D eigenvalue weighted by atomic mass is 32.2. The minimum Gasteiger partial charge on any atom is -0.239 e. The Hall–Kier alpha value is -2.92. The molecule has 0 aliphatic heterocycles. The number of benzene rings is 3. The van der Waals surface area contributed by atoms with Gasteiger partial charge in [0, 0.05) is 14.1 Å². The Balaban J connectivity index is 1.74. The lowest BCUT2D eigenvalue weighted by Crippen LogP contribution is -2.23. The zero-order chi connectivity index (χ0) is 21.8. The van der Waals surface area contributed by atoms with Crippen LogP contribution in [0.15, 0.2) is 94.7 Å². The molecule has 0 N–H and O–H groups in total. The van der Waals surface area contributed by atoms with E-state index < -0.39 is 20.2 Å². The average molecular weight is 449 g/mol. The summed E-state index contributed by atoms with van der Waals surface area (Å²) in [5.41, 5.74) is 1.08. The Morgan fingerprint density at radius 2 is 0.833 bits per heavy atom. The number of hydrogen-bond acceptors (Lipinski definition) is 8. The molecule has 0 bridgehead atoms. The van der Waals surface area contributed by atoms with Crippen molar-refractivity contribution in [2.45, 2.75) is 9.79 Å². The van der Waals surface area contributed by atoms with Crippen LogP contribution < -0.4 is 10.1 Å². The lowest BCUT2D eigenvalue weighted by atomic mass is 10.3. The fourth-order valence-corrected chi connectivity index (χ4v) is 4.39. The highest BCUT2D eigenvalue weighted by molar-refractivity contribution is 7.87. The second-order valence-electron chi connectivity index (χ2n) is 6.19. The molecule has 3 rings (SSSR count). The number of hydrogen-bond donors (Lipinski definition) is 0. The smallest absolute Gasteiger partial charge is 0.239 e. The Kier molecular flexibility index (Phi) is 6.42. The van der Waals surface area contributed by atoms with Crippen LogP contribution in [0.25, 0.3) is 0 Å². The lowest BCUT2D eigenvalue weighted by molar-refractivity contribution is 0.303. The van der Waals surface area contributed by atoms with E-state index >= 15 is 0 Å². The molecule has 0 unspecified atom stereocenters. The van der Waals surface area contributed by atoms with E-state index in [4.69, 9.17) is 8.57 Å². The predicted molar refractivity (Wildman–Crippen MR) is 113 cm³/mol. The maximum atomic E-state index is 12.5. The normalized spacial score (nSPS) is 11.8. The third kappa shape index (κ3) is 5.16. The molecule has 0 saturated heterocycles. The first-order valence-electron chi connectivity index (χ1n) is 8.76. The molecule has 0 radical (unpaired) electrons. The van der Waals surface area contributed by atoms with Gasteiger partial charge in [-0.1, -0.05) is 36.4 Å².